The molecular formula is C19H27NSi. The molecule has 0 aliphatic heterocycles. The molecule has 0 radical (unpaired) electrons. The Kier molecular flexibility index (Phi) is 5.77. The summed E-state index contributed by atoms with van der Waals surface area (Å²) < 4.78 is 0. The van der Waals surface area contributed by atoms with Crippen LogP contribution in [0.15, 0.2) is 60.7 Å². The Balaban J connectivity index is 2.19. The monoisotopic (exact) mass is 297 g/mol. The summed E-state index contributed by atoms with van der Waals surface area (Å²) in [5.41, 5.74) is 0. The maximum absolute atomic E-state index is 2.52. The van der Waals surface area contributed by atoms with Gasteiger partial charge in [0.2, 0.25) is 0 Å². The molecule has 0 bridgehead atoms. The molecule has 0 unspecified atom stereocenters. The molecule has 1 nitrogen and oxygen atoms in total. The summed E-state index contributed by atoms with van der Waals surface area (Å²) in [6.07, 6.45) is 2.60. The highest BCUT2D eigenvalue weighted by molar-refractivity contribution is 7.01. The first-order valence-electron chi connectivity index (χ1n) is 7.89. The fourth-order valence-corrected chi connectivity index (χ4v) is 6.70. The minimum Gasteiger partial charge on any atom is -0.309 e. The smallest absolute Gasteiger partial charge is 0.115 e. The lowest BCUT2D eigenvalue weighted by molar-refractivity contribution is 0.398. The van der Waals surface area contributed by atoms with Gasteiger partial charge in [-0.2, -0.15) is 0 Å². The molecule has 0 fully saturated rings. The van der Waals surface area contributed by atoms with E-state index in [1.807, 2.05) is 0 Å². The third-order valence-electron chi connectivity index (χ3n) is 4.35. The van der Waals surface area contributed by atoms with Crippen LogP contribution < -0.4 is 10.4 Å². The topological polar surface area (TPSA) is 3.24 Å². The third-order valence-corrected chi connectivity index (χ3v) is 8.92. The van der Waals surface area contributed by atoms with Crippen molar-refractivity contribution in [2.45, 2.75) is 25.4 Å². The largest absolute Gasteiger partial charge is 0.309 e. The van der Waals surface area contributed by atoms with Gasteiger partial charge in [0, 0.05) is 0 Å². The summed E-state index contributed by atoms with van der Waals surface area (Å²) in [6, 6.07) is 23.6. The molecule has 2 heteroatoms. The SMILES string of the molecule is CN(C)CCCC[Si](C)(c1ccccc1)c1ccccc1. The first-order chi connectivity index (χ1) is 10.1. The number of hydrogen-bond acceptors (Lipinski definition) is 1. The van der Waals surface area contributed by atoms with Crippen LogP contribution in [0.5, 0.6) is 0 Å². The van der Waals surface area contributed by atoms with E-state index in [0.29, 0.717) is 0 Å². The van der Waals surface area contributed by atoms with Gasteiger partial charge in [0.05, 0.1) is 0 Å². The highest BCUT2D eigenvalue weighted by Crippen LogP contribution is 2.15. The van der Waals surface area contributed by atoms with E-state index >= 15 is 0 Å². The Morgan fingerprint density at radius 1 is 0.762 bits per heavy atom. The standard InChI is InChI=1S/C19H27NSi/c1-20(2)16-10-11-17-21(3,18-12-6-4-7-13-18)19-14-8-5-9-15-19/h4-9,12-15H,10-11,16-17H2,1-3H3. The van der Waals surface area contributed by atoms with E-state index in [0.717, 1.165) is 0 Å². The van der Waals surface area contributed by atoms with Gasteiger partial charge in [0.15, 0.2) is 0 Å². The Labute approximate surface area is 130 Å². The van der Waals surface area contributed by atoms with Crippen molar-refractivity contribution in [1.29, 1.82) is 0 Å². The van der Waals surface area contributed by atoms with Gasteiger partial charge in [-0.25, -0.2) is 0 Å². The quantitative estimate of drug-likeness (QED) is 0.560. The van der Waals surface area contributed by atoms with Crippen LogP contribution >= 0.6 is 0 Å². The molecule has 2 aromatic carbocycles. The number of rotatable bonds is 7. The molecule has 112 valence electrons. The Bertz CT molecular complexity index is 482. The van der Waals surface area contributed by atoms with E-state index < -0.39 is 8.07 Å². The summed E-state index contributed by atoms with van der Waals surface area (Å²) >= 11 is 0. The zero-order chi connectivity index (χ0) is 15.1. The molecule has 2 rings (SSSR count). The van der Waals surface area contributed by atoms with Gasteiger partial charge >= 0.3 is 0 Å². The van der Waals surface area contributed by atoms with Crippen LogP contribution in [0.3, 0.4) is 0 Å². The minimum atomic E-state index is -1.59. The van der Waals surface area contributed by atoms with Crippen LogP contribution in [0.2, 0.25) is 12.6 Å². The summed E-state index contributed by atoms with van der Waals surface area (Å²) in [5.74, 6) is 0. The molecule has 0 aliphatic carbocycles. The lowest BCUT2D eigenvalue weighted by atomic mass is 10.3. The summed E-state index contributed by atoms with van der Waals surface area (Å²) in [4.78, 5) is 2.28. The molecule has 0 saturated carbocycles. The van der Waals surface area contributed by atoms with E-state index in [2.05, 4.69) is 86.2 Å². The molecule has 21 heavy (non-hydrogen) atoms. The van der Waals surface area contributed by atoms with Crippen molar-refractivity contribution in [3.8, 4) is 0 Å². The van der Waals surface area contributed by atoms with Crippen molar-refractivity contribution in [2.24, 2.45) is 0 Å². The molecular weight excluding hydrogens is 270 g/mol. The molecule has 0 spiro atoms. The predicted octanol–water partition coefficient (Wildman–Crippen LogP) is 3.22. The average Bonchev–Trinajstić information content (AvgIpc) is 2.53. The second-order valence-corrected chi connectivity index (χ2v) is 10.6. The van der Waals surface area contributed by atoms with Crippen molar-refractivity contribution in [3.63, 3.8) is 0 Å². The van der Waals surface area contributed by atoms with Gasteiger partial charge in [0.1, 0.15) is 8.07 Å². The Morgan fingerprint density at radius 3 is 1.67 bits per heavy atom. The molecule has 0 N–H and O–H groups in total. The number of nitrogens with zero attached hydrogens (tertiary/aromatic N) is 1. The van der Waals surface area contributed by atoms with Gasteiger partial charge in [0.25, 0.3) is 0 Å². The van der Waals surface area contributed by atoms with E-state index in [1.54, 1.807) is 10.4 Å². The van der Waals surface area contributed by atoms with Gasteiger partial charge in [-0.15, -0.1) is 0 Å². The molecule has 0 saturated heterocycles. The van der Waals surface area contributed by atoms with Crippen LogP contribution in [0.25, 0.3) is 0 Å². The van der Waals surface area contributed by atoms with Crippen molar-refractivity contribution >= 4 is 18.4 Å². The fourth-order valence-electron chi connectivity index (χ4n) is 2.97. The van der Waals surface area contributed by atoms with Gasteiger partial charge in [-0.05, 0) is 33.1 Å². The predicted molar refractivity (Wildman–Crippen MR) is 96.4 cm³/mol. The molecule has 0 aliphatic rings. The molecule has 0 aromatic heterocycles. The average molecular weight is 298 g/mol. The fraction of sp³-hybridized carbons (Fsp3) is 0.368. The zero-order valence-corrected chi connectivity index (χ0v) is 14.5. The number of hydrogen-bond donors (Lipinski definition) is 0. The van der Waals surface area contributed by atoms with Crippen LogP contribution in [-0.2, 0) is 0 Å². The molecule has 0 atom stereocenters. The second-order valence-electron chi connectivity index (χ2n) is 6.32. The number of unbranched alkanes of at least 4 members (excludes halogenated alkanes) is 1. The first-order valence-corrected chi connectivity index (χ1v) is 10.6. The number of benzene rings is 2. The summed E-state index contributed by atoms with van der Waals surface area (Å²) in [7, 11) is 2.72. The van der Waals surface area contributed by atoms with Crippen molar-refractivity contribution < 1.29 is 0 Å². The van der Waals surface area contributed by atoms with Crippen LogP contribution in [0.1, 0.15) is 12.8 Å². The molecule has 0 heterocycles. The maximum atomic E-state index is 2.52. The van der Waals surface area contributed by atoms with Crippen LogP contribution in [0, 0.1) is 0 Å². The normalized spacial score (nSPS) is 11.8. The third kappa shape index (κ3) is 4.29. The Hall–Kier alpha value is -1.38. The van der Waals surface area contributed by atoms with Crippen LogP contribution in [0.4, 0.5) is 0 Å². The van der Waals surface area contributed by atoms with Crippen molar-refractivity contribution in [2.75, 3.05) is 20.6 Å². The van der Waals surface area contributed by atoms with E-state index in [4.69, 9.17) is 0 Å². The zero-order valence-electron chi connectivity index (χ0n) is 13.5. The first kappa shape index (κ1) is 16.0. The summed E-state index contributed by atoms with van der Waals surface area (Å²) in [6.45, 7) is 3.71. The minimum absolute atomic E-state index is 1.19. The summed E-state index contributed by atoms with van der Waals surface area (Å²) in [5, 5.41) is 3.11. The van der Waals surface area contributed by atoms with Crippen molar-refractivity contribution in [3.05, 3.63) is 60.7 Å². The second kappa shape index (κ2) is 7.58. The van der Waals surface area contributed by atoms with E-state index in [-0.39, 0.29) is 0 Å². The Morgan fingerprint density at radius 2 is 1.24 bits per heavy atom. The van der Waals surface area contributed by atoms with Gasteiger partial charge in [-0.1, -0.05) is 84.0 Å². The van der Waals surface area contributed by atoms with E-state index in [1.165, 1.54) is 25.4 Å². The molecule has 0 amide bonds. The van der Waals surface area contributed by atoms with Crippen molar-refractivity contribution in [1.82, 2.24) is 4.90 Å². The highest BCUT2D eigenvalue weighted by atomic mass is 28.3. The van der Waals surface area contributed by atoms with Gasteiger partial charge in [-0.3, -0.25) is 0 Å². The highest BCUT2D eigenvalue weighted by Gasteiger charge is 2.30. The molecule has 2 aromatic rings. The lowest BCUT2D eigenvalue weighted by Crippen LogP contribution is -2.55. The van der Waals surface area contributed by atoms with Gasteiger partial charge < -0.3 is 4.90 Å². The lowest BCUT2D eigenvalue weighted by Gasteiger charge is -2.29. The maximum Gasteiger partial charge on any atom is 0.115 e. The van der Waals surface area contributed by atoms with E-state index in [9.17, 15) is 0 Å². The van der Waals surface area contributed by atoms with Crippen LogP contribution in [-0.4, -0.2) is 33.6 Å².